The highest BCUT2D eigenvalue weighted by Gasteiger charge is 2.01. The molecule has 2 N–H and O–H groups in total. The number of hydrogen-bond acceptors (Lipinski definition) is 5. The van der Waals surface area contributed by atoms with E-state index in [0.29, 0.717) is 5.82 Å². The summed E-state index contributed by atoms with van der Waals surface area (Å²) < 4.78 is 0. The van der Waals surface area contributed by atoms with Crippen molar-refractivity contribution in [1.82, 2.24) is 4.98 Å². The number of anilines is 1. The Morgan fingerprint density at radius 2 is 1.88 bits per heavy atom. The van der Waals surface area contributed by atoms with E-state index in [0.717, 1.165) is 11.1 Å². The SMILES string of the molecule is Nc1cc(-c2ccc(O[N+](=O)[O-])cc2)ccn1. The van der Waals surface area contributed by atoms with Crippen LogP contribution in [0.2, 0.25) is 0 Å². The number of hydrogen-bond donors (Lipinski definition) is 1. The third-order valence-electron chi connectivity index (χ3n) is 2.15. The van der Waals surface area contributed by atoms with Gasteiger partial charge in [0, 0.05) is 6.20 Å². The molecule has 0 amide bonds. The van der Waals surface area contributed by atoms with Crippen molar-refractivity contribution in [2.45, 2.75) is 0 Å². The van der Waals surface area contributed by atoms with E-state index in [1.54, 1.807) is 30.5 Å². The van der Waals surface area contributed by atoms with Crippen molar-refractivity contribution in [1.29, 1.82) is 0 Å². The van der Waals surface area contributed by atoms with E-state index in [4.69, 9.17) is 5.73 Å². The van der Waals surface area contributed by atoms with Gasteiger partial charge in [-0.3, -0.25) is 4.84 Å². The largest absolute Gasteiger partial charge is 0.384 e. The lowest BCUT2D eigenvalue weighted by Gasteiger charge is -2.03. The second-order valence-electron chi connectivity index (χ2n) is 3.31. The zero-order valence-electron chi connectivity index (χ0n) is 8.74. The van der Waals surface area contributed by atoms with E-state index in [9.17, 15) is 10.1 Å². The normalized spacial score (nSPS) is 9.88. The molecule has 0 saturated heterocycles. The third-order valence-corrected chi connectivity index (χ3v) is 2.15. The van der Waals surface area contributed by atoms with Crippen LogP contribution in [-0.4, -0.2) is 10.1 Å². The van der Waals surface area contributed by atoms with Gasteiger partial charge in [-0.05, 0) is 35.4 Å². The summed E-state index contributed by atoms with van der Waals surface area (Å²) in [7, 11) is 0. The Balaban J connectivity index is 2.26. The monoisotopic (exact) mass is 231 g/mol. The summed E-state index contributed by atoms with van der Waals surface area (Å²) in [6.07, 6.45) is 1.60. The minimum absolute atomic E-state index is 0.181. The molecular weight excluding hydrogens is 222 g/mol. The van der Waals surface area contributed by atoms with Crippen LogP contribution in [0.15, 0.2) is 42.6 Å². The maximum Gasteiger partial charge on any atom is 0.299 e. The smallest absolute Gasteiger partial charge is 0.299 e. The molecule has 0 bridgehead atoms. The molecule has 0 saturated carbocycles. The van der Waals surface area contributed by atoms with Crippen molar-refractivity contribution >= 4 is 5.82 Å². The maximum atomic E-state index is 10.1. The van der Waals surface area contributed by atoms with Gasteiger partial charge in [-0.15, -0.1) is 10.1 Å². The predicted octanol–water partition coefficient (Wildman–Crippen LogP) is 1.90. The van der Waals surface area contributed by atoms with E-state index < -0.39 is 5.09 Å². The fourth-order valence-corrected chi connectivity index (χ4v) is 1.42. The van der Waals surface area contributed by atoms with Crippen LogP contribution < -0.4 is 10.6 Å². The molecule has 0 atom stereocenters. The Labute approximate surface area is 96.8 Å². The Kier molecular flexibility index (Phi) is 2.87. The summed E-state index contributed by atoms with van der Waals surface area (Å²) >= 11 is 0. The summed E-state index contributed by atoms with van der Waals surface area (Å²) in [4.78, 5) is 18.3. The van der Waals surface area contributed by atoms with Crippen molar-refractivity contribution in [3.05, 3.63) is 52.7 Å². The van der Waals surface area contributed by atoms with Crippen molar-refractivity contribution < 1.29 is 9.92 Å². The molecule has 2 aromatic rings. The Morgan fingerprint density at radius 1 is 1.18 bits per heavy atom. The third kappa shape index (κ3) is 2.69. The van der Waals surface area contributed by atoms with Gasteiger partial charge in [-0.2, -0.15) is 0 Å². The molecule has 0 aliphatic carbocycles. The van der Waals surface area contributed by atoms with Crippen LogP contribution in [-0.2, 0) is 0 Å². The average molecular weight is 231 g/mol. The van der Waals surface area contributed by atoms with Crippen LogP contribution in [0.4, 0.5) is 5.82 Å². The molecule has 0 aliphatic rings. The van der Waals surface area contributed by atoms with Crippen LogP contribution in [0.25, 0.3) is 11.1 Å². The van der Waals surface area contributed by atoms with Crippen molar-refractivity contribution in [3.8, 4) is 16.9 Å². The summed E-state index contributed by atoms with van der Waals surface area (Å²) in [5.41, 5.74) is 7.34. The van der Waals surface area contributed by atoms with Crippen LogP contribution in [0, 0.1) is 10.1 Å². The van der Waals surface area contributed by atoms with Gasteiger partial charge in [0.15, 0.2) is 0 Å². The minimum Gasteiger partial charge on any atom is -0.384 e. The van der Waals surface area contributed by atoms with Crippen LogP contribution >= 0.6 is 0 Å². The van der Waals surface area contributed by atoms with Crippen LogP contribution in [0.3, 0.4) is 0 Å². The highest BCUT2D eigenvalue weighted by Crippen LogP contribution is 2.22. The van der Waals surface area contributed by atoms with Crippen LogP contribution in [0.1, 0.15) is 0 Å². The molecule has 0 aliphatic heterocycles. The highest BCUT2D eigenvalue weighted by atomic mass is 17.0. The first kappa shape index (κ1) is 10.9. The molecule has 2 rings (SSSR count). The van der Waals surface area contributed by atoms with Gasteiger partial charge >= 0.3 is 0 Å². The zero-order chi connectivity index (χ0) is 12.3. The Bertz CT molecular complexity index is 540. The average Bonchev–Trinajstić information content (AvgIpc) is 2.29. The van der Waals surface area contributed by atoms with E-state index in [2.05, 4.69) is 9.82 Å². The number of nitrogens with two attached hydrogens (primary N) is 1. The molecule has 86 valence electrons. The summed E-state index contributed by atoms with van der Waals surface area (Å²) in [5, 5.41) is 9.28. The number of nitrogens with zero attached hydrogens (tertiary/aromatic N) is 2. The lowest BCUT2D eigenvalue weighted by atomic mass is 10.1. The highest BCUT2D eigenvalue weighted by molar-refractivity contribution is 5.66. The number of benzene rings is 1. The van der Waals surface area contributed by atoms with Gasteiger partial charge in [0.25, 0.3) is 5.09 Å². The topological polar surface area (TPSA) is 91.3 Å². The van der Waals surface area contributed by atoms with Crippen LogP contribution in [0.5, 0.6) is 5.75 Å². The van der Waals surface area contributed by atoms with Crippen molar-refractivity contribution in [2.75, 3.05) is 5.73 Å². The predicted molar refractivity (Wildman–Crippen MR) is 61.7 cm³/mol. The Morgan fingerprint density at radius 3 is 2.47 bits per heavy atom. The van der Waals surface area contributed by atoms with E-state index in [1.165, 1.54) is 12.1 Å². The lowest BCUT2D eigenvalue weighted by Crippen LogP contribution is -2.02. The van der Waals surface area contributed by atoms with Gasteiger partial charge in [0.1, 0.15) is 11.6 Å². The zero-order valence-corrected chi connectivity index (χ0v) is 8.74. The van der Waals surface area contributed by atoms with Gasteiger partial charge < -0.3 is 5.73 Å². The first-order valence-corrected chi connectivity index (χ1v) is 4.79. The fourth-order valence-electron chi connectivity index (χ4n) is 1.42. The molecular formula is C11H9N3O3. The number of rotatable bonds is 3. The first-order valence-electron chi connectivity index (χ1n) is 4.79. The molecule has 1 aromatic carbocycles. The quantitative estimate of drug-likeness (QED) is 0.643. The van der Waals surface area contributed by atoms with Gasteiger partial charge in [-0.25, -0.2) is 4.98 Å². The van der Waals surface area contributed by atoms with E-state index in [1.807, 2.05) is 0 Å². The van der Waals surface area contributed by atoms with Gasteiger partial charge in [0.2, 0.25) is 0 Å². The van der Waals surface area contributed by atoms with E-state index in [-0.39, 0.29) is 5.75 Å². The standard InChI is InChI=1S/C11H9N3O3/c12-11-7-9(5-6-13-11)8-1-3-10(4-2-8)17-14(15)16/h1-7H,(H2,12,13). The summed E-state index contributed by atoms with van der Waals surface area (Å²) in [6, 6.07) is 10.0. The maximum absolute atomic E-state index is 10.1. The summed E-state index contributed by atoms with van der Waals surface area (Å²) in [5.74, 6) is 0.605. The minimum atomic E-state index is -0.848. The number of pyridine rings is 1. The Hall–Kier alpha value is -2.63. The van der Waals surface area contributed by atoms with Gasteiger partial charge in [-0.1, -0.05) is 12.1 Å². The van der Waals surface area contributed by atoms with Crippen molar-refractivity contribution in [2.24, 2.45) is 0 Å². The van der Waals surface area contributed by atoms with Gasteiger partial charge in [0.05, 0.1) is 0 Å². The first-order chi connectivity index (χ1) is 8.15. The van der Waals surface area contributed by atoms with Crippen molar-refractivity contribution in [3.63, 3.8) is 0 Å². The molecule has 0 unspecified atom stereocenters. The molecule has 17 heavy (non-hydrogen) atoms. The summed E-state index contributed by atoms with van der Waals surface area (Å²) in [6.45, 7) is 0. The molecule has 1 aromatic heterocycles. The number of nitrogen functional groups attached to an aromatic ring is 1. The number of aromatic nitrogens is 1. The second-order valence-corrected chi connectivity index (χ2v) is 3.31. The fraction of sp³-hybridized carbons (Fsp3) is 0. The lowest BCUT2D eigenvalue weighted by molar-refractivity contribution is -0.711. The second kappa shape index (κ2) is 4.48. The molecule has 1 heterocycles. The molecule has 6 heteroatoms. The molecule has 0 radical (unpaired) electrons. The van der Waals surface area contributed by atoms with E-state index >= 15 is 0 Å². The molecule has 0 fully saturated rings. The molecule has 6 nitrogen and oxygen atoms in total. The molecule has 0 spiro atoms.